The summed E-state index contributed by atoms with van der Waals surface area (Å²) in [6, 6.07) is 9.68. The Kier molecular flexibility index (Phi) is 8.14. The van der Waals surface area contributed by atoms with Crippen molar-refractivity contribution < 1.29 is 41.7 Å². The van der Waals surface area contributed by atoms with Crippen molar-refractivity contribution in [3.05, 3.63) is 88.1 Å². The zero-order valence-electron chi connectivity index (χ0n) is 21.3. The van der Waals surface area contributed by atoms with E-state index < -0.39 is 53.4 Å². The Morgan fingerprint density at radius 2 is 1.80 bits per heavy atom. The van der Waals surface area contributed by atoms with Crippen LogP contribution in [0.25, 0.3) is 0 Å². The number of nitrogens with one attached hydrogen (secondary N) is 1. The van der Waals surface area contributed by atoms with E-state index in [9.17, 15) is 32.7 Å². The Hall–Kier alpha value is -4.39. The number of methoxy groups -OCH3 is 1. The summed E-state index contributed by atoms with van der Waals surface area (Å²) < 4.78 is 62.6. The number of carbonyl (C=O) groups is 2. The molecule has 2 amide bonds. The number of ether oxygens (including phenoxy) is 2. The van der Waals surface area contributed by atoms with E-state index in [4.69, 9.17) is 4.74 Å². The number of amides is 2. The molecule has 0 radical (unpaired) electrons. The topological polar surface area (TPSA) is 110 Å². The molecule has 9 nitrogen and oxygen atoms in total. The molecule has 0 aliphatic carbocycles. The zero-order valence-corrected chi connectivity index (χ0v) is 21.3. The van der Waals surface area contributed by atoms with E-state index in [0.29, 0.717) is 0 Å². The van der Waals surface area contributed by atoms with E-state index in [1.807, 2.05) is 0 Å². The molecule has 0 spiro atoms. The molecule has 2 N–H and O–H groups in total. The first-order chi connectivity index (χ1) is 18.9. The van der Waals surface area contributed by atoms with Gasteiger partial charge in [0.25, 0.3) is 11.5 Å². The van der Waals surface area contributed by atoms with Gasteiger partial charge >= 0.3 is 6.36 Å². The Morgan fingerprint density at radius 3 is 2.40 bits per heavy atom. The maximum absolute atomic E-state index is 15.1. The van der Waals surface area contributed by atoms with Gasteiger partial charge in [-0.1, -0.05) is 6.07 Å². The van der Waals surface area contributed by atoms with E-state index in [1.165, 1.54) is 49.1 Å². The van der Waals surface area contributed by atoms with E-state index in [0.717, 1.165) is 35.2 Å². The van der Waals surface area contributed by atoms with E-state index in [-0.39, 0.29) is 35.7 Å². The van der Waals surface area contributed by atoms with Crippen molar-refractivity contribution in [2.24, 2.45) is 0 Å². The number of pyridine rings is 1. The highest BCUT2D eigenvalue weighted by atomic mass is 19.4. The summed E-state index contributed by atoms with van der Waals surface area (Å²) in [6.07, 6.45) is -4.31. The highest BCUT2D eigenvalue weighted by Gasteiger charge is 2.44. The number of aliphatic hydroxyl groups excluding tert-OH is 1. The van der Waals surface area contributed by atoms with Crippen LogP contribution in [-0.2, 0) is 11.3 Å². The summed E-state index contributed by atoms with van der Waals surface area (Å²) in [5, 5.41) is 12.3. The van der Waals surface area contributed by atoms with Crippen molar-refractivity contribution in [2.75, 3.05) is 18.6 Å². The fourth-order valence-electron chi connectivity index (χ4n) is 4.52. The number of anilines is 1. The molecule has 13 heteroatoms. The molecule has 3 atom stereocenters. The van der Waals surface area contributed by atoms with Crippen LogP contribution in [0.4, 0.5) is 23.2 Å². The highest BCUT2D eigenvalue weighted by Crippen LogP contribution is 2.34. The van der Waals surface area contributed by atoms with Gasteiger partial charge < -0.3 is 29.4 Å². The number of aliphatic hydroxyl groups is 1. The summed E-state index contributed by atoms with van der Waals surface area (Å²) in [7, 11) is 1.36. The van der Waals surface area contributed by atoms with E-state index in [2.05, 4.69) is 10.1 Å². The van der Waals surface area contributed by atoms with Crippen LogP contribution in [0.3, 0.4) is 0 Å². The minimum Gasteiger partial charge on any atom is -0.497 e. The number of hydrogen-bond donors (Lipinski definition) is 2. The first-order valence-electron chi connectivity index (χ1n) is 12.1. The number of aromatic nitrogens is 1. The van der Waals surface area contributed by atoms with Crippen LogP contribution < -0.4 is 25.2 Å². The van der Waals surface area contributed by atoms with Crippen molar-refractivity contribution in [2.45, 2.75) is 37.9 Å². The van der Waals surface area contributed by atoms with Crippen LogP contribution in [0, 0.1) is 5.82 Å². The molecule has 1 fully saturated rings. The van der Waals surface area contributed by atoms with Gasteiger partial charge in [0.15, 0.2) is 0 Å². The predicted octanol–water partition coefficient (Wildman–Crippen LogP) is 3.20. The average Bonchev–Trinajstić information content (AvgIpc) is 3.19. The summed E-state index contributed by atoms with van der Waals surface area (Å²) in [4.78, 5) is 40.9. The molecule has 1 aliphatic heterocycles. The molecule has 1 aliphatic rings. The molecule has 212 valence electrons. The Bertz CT molecular complexity index is 1460. The largest absolute Gasteiger partial charge is 0.573 e. The fourth-order valence-corrected chi connectivity index (χ4v) is 4.52. The fraction of sp³-hybridized carbons (Fsp3) is 0.296. The monoisotopic (exact) mass is 563 g/mol. The normalized spacial score (nSPS) is 18.0. The molecule has 2 aromatic carbocycles. The predicted molar refractivity (Wildman–Crippen MR) is 135 cm³/mol. The van der Waals surface area contributed by atoms with Crippen molar-refractivity contribution in [3.63, 3.8) is 0 Å². The highest BCUT2D eigenvalue weighted by molar-refractivity contribution is 6.05. The Balaban J connectivity index is 1.68. The third-order valence-corrected chi connectivity index (χ3v) is 6.31. The first kappa shape index (κ1) is 28.6. The lowest BCUT2D eigenvalue weighted by Crippen LogP contribution is -2.44. The average molecular weight is 564 g/mol. The van der Waals surface area contributed by atoms with Crippen LogP contribution in [0.1, 0.15) is 28.8 Å². The first-order valence-corrected chi connectivity index (χ1v) is 12.1. The van der Waals surface area contributed by atoms with Crippen LogP contribution in [0.2, 0.25) is 0 Å². The number of rotatable bonds is 8. The van der Waals surface area contributed by atoms with Gasteiger partial charge in [-0.25, -0.2) is 4.39 Å². The quantitative estimate of drug-likeness (QED) is 0.408. The lowest BCUT2D eigenvalue weighted by molar-refractivity contribution is -0.274. The second-order valence-corrected chi connectivity index (χ2v) is 9.17. The second-order valence-electron chi connectivity index (χ2n) is 9.17. The molecule has 3 aromatic rings. The molecule has 0 saturated carbocycles. The smallest absolute Gasteiger partial charge is 0.497 e. The van der Waals surface area contributed by atoms with E-state index in [1.54, 1.807) is 0 Å². The third kappa shape index (κ3) is 6.25. The van der Waals surface area contributed by atoms with Gasteiger partial charge in [0, 0.05) is 30.3 Å². The van der Waals surface area contributed by atoms with Gasteiger partial charge in [-0.2, -0.15) is 0 Å². The summed E-state index contributed by atoms with van der Waals surface area (Å²) in [5.41, 5.74) is -0.597. The molecule has 1 saturated heterocycles. The van der Waals surface area contributed by atoms with Gasteiger partial charge in [0.05, 0.1) is 19.8 Å². The minimum atomic E-state index is -4.91. The maximum atomic E-state index is 15.1. The molecule has 4 rings (SSSR count). The number of halogens is 4. The molecule has 2 heterocycles. The van der Waals surface area contributed by atoms with Gasteiger partial charge in [-0.05, 0) is 55.0 Å². The van der Waals surface area contributed by atoms with E-state index >= 15 is 4.39 Å². The van der Waals surface area contributed by atoms with Crippen molar-refractivity contribution >= 4 is 17.5 Å². The summed E-state index contributed by atoms with van der Waals surface area (Å²) >= 11 is 0. The Morgan fingerprint density at radius 1 is 1.12 bits per heavy atom. The zero-order chi connectivity index (χ0) is 29.2. The molecule has 1 aromatic heterocycles. The lowest BCUT2D eigenvalue weighted by atomic mass is 9.93. The third-order valence-electron chi connectivity index (χ3n) is 6.31. The molecular formula is C27H25F4N3O6. The number of hydrogen-bond acceptors (Lipinski definition) is 6. The standard InChI is InChI=1S/C27H25F4N3O6/c1-15(35)13-33-11-3-4-22(25(33)37)34-14-20(19-10-9-18(39-2)12-21(19)28)23(26(34)38)32-24(36)16-5-7-17(8-6-16)40-27(29,30)31/h3-12,15,20,23,35H,13-14H2,1-2H3,(H,32,36)/t15?,20-,23?/m0/s1. The number of nitrogens with zero attached hydrogens (tertiary/aromatic N) is 2. The molecule has 40 heavy (non-hydrogen) atoms. The lowest BCUT2D eigenvalue weighted by Gasteiger charge is -2.19. The van der Waals surface area contributed by atoms with Crippen LogP contribution in [-0.4, -0.2) is 53.7 Å². The van der Waals surface area contributed by atoms with Crippen molar-refractivity contribution in [1.29, 1.82) is 0 Å². The molecular weight excluding hydrogens is 538 g/mol. The number of benzene rings is 2. The van der Waals surface area contributed by atoms with Crippen LogP contribution in [0.15, 0.2) is 65.6 Å². The van der Waals surface area contributed by atoms with Gasteiger partial charge in [-0.3, -0.25) is 14.4 Å². The SMILES string of the molecule is COc1ccc([C@@H]2CN(c3cccn(CC(C)O)c3=O)C(=O)C2NC(=O)c2ccc(OC(F)(F)F)cc2)c(F)c1. The maximum Gasteiger partial charge on any atom is 0.573 e. The van der Waals surface area contributed by atoms with Crippen molar-refractivity contribution in [1.82, 2.24) is 9.88 Å². The molecule has 2 unspecified atom stereocenters. The van der Waals surface area contributed by atoms with Crippen molar-refractivity contribution in [3.8, 4) is 11.5 Å². The second kappa shape index (κ2) is 11.4. The number of alkyl halides is 3. The minimum absolute atomic E-state index is 0.0283. The summed E-state index contributed by atoms with van der Waals surface area (Å²) in [5.74, 6) is -3.46. The van der Waals surface area contributed by atoms with Gasteiger partial charge in [0.1, 0.15) is 29.0 Å². The van der Waals surface area contributed by atoms with Gasteiger partial charge in [-0.15, -0.1) is 13.2 Å². The van der Waals surface area contributed by atoms with Crippen LogP contribution in [0.5, 0.6) is 11.5 Å². The van der Waals surface area contributed by atoms with Gasteiger partial charge in [0.2, 0.25) is 5.91 Å². The molecule has 0 bridgehead atoms. The van der Waals surface area contributed by atoms with Crippen LogP contribution >= 0.6 is 0 Å². The number of carbonyl (C=O) groups excluding carboxylic acids is 2. The summed E-state index contributed by atoms with van der Waals surface area (Å²) in [6.45, 7) is 1.30. The Labute approximate surface area is 225 Å².